The molecule has 16 nitrogen and oxygen atoms in total. The van der Waals surface area contributed by atoms with E-state index in [9.17, 15) is 46.7 Å². The van der Waals surface area contributed by atoms with Gasteiger partial charge in [0.15, 0.2) is 0 Å². The van der Waals surface area contributed by atoms with Crippen LogP contribution in [0.4, 0.5) is 14.0 Å². The first kappa shape index (κ1) is 41.1. The smallest absolute Gasteiger partial charge is 0.410 e. The van der Waals surface area contributed by atoms with E-state index in [1.807, 2.05) is 10.8 Å². The van der Waals surface area contributed by atoms with Gasteiger partial charge in [-0.25, -0.2) is 31.9 Å². The number of nitrogens with one attached hydrogen (secondary N) is 3. The molecule has 1 aliphatic carbocycles. The number of nitrogens with zero attached hydrogens (tertiary/aromatic N) is 2. The van der Waals surface area contributed by atoms with Gasteiger partial charge in [0.25, 0.3) is 15.9 Å². The van der Waals surface area contributed by atoms with Gasteiger partial charge in [0, 0.05) is 24.4 Å². The number of carbonyl (C=O) groups is 6. The number of hydrogen-bond acceptors (Lipinski definition) is 10. The van der Waals surface area contributed by atoms with Crippen LogP contribution < -0.4 is 15.4 Å². The zero-order chi connectivity index (χ0) is 41.3. The molecule has 1 unspecified atom stereocenters. The number of allylic oxidation sites excluding steroid dienone is 1. The number of benzene rings is 2. The molecule has 6 rings (SSSR count). The number of carboxylic acids is 1. The first-order valence-electron chi connectivity index (χ1n) is 18.8. The third-order valence-electron chi connectivity index (χ3n) is 10.4. The van der Waals surface area contributed by atoms with Crippen molar-refractivity contribution < 1.29 is 56.2 Å². The number of ether oxygens (including phenoxy) is 2. The van der Waals surface area contributed by atoms with Crippen LogP contribution in [0.2, 0.25) is 0 Å². The number of hydrogen-bond donors (Lipinski definition) is 4. The third-order valence-corrected chi connectivity index (χ3v) is 11.8. The minimum Gasteiger partial charge on any atom is -0.478 e. The average Bonchev–Trinajstić information content (AvgIpc) is 3.42. The van der Waals surface area contributed by atoms with Gasteiger partial charge in [0.2, 0.25) is 11.8 Å². The van der Waals surface area contributed by atoms with Crippen LogP contribution in [0, 0.1) is 11.7 Å². The molecule has 0 spiro atoms. The van der Waals surface area contributed by atoms with Crippen molar-refractivity contribution in [2.24, 2.45) is 5.92 Å². The fourth-order valence-electron chi connectivity index (χ4n) is 7.39. The van der Waals surface area contributed by atoms with Crippen molar-refractivity contribution in [1.82, 2.24) is 25.2 Å². The lowest BCUT2D eigenvalue weighted by atomic mass is 10.0. The topological polar surface area (TPSA) is 218 Å². The van der Waals surface area contributed by atoms with Crippen molar-refractivity contribution in [3.8, 4) is 0 Å². The number of sulfonamides is 1. The Morgan fingerprint density at radius 2 is 1.75 bits per heavy atom. The van der Waals surface area contributed by atoms with Crippen molar-refractivity contribution in [1.29, 1.82) is 0 Å². The predicted octanol–water partition coefficient (Wildman–Crippen LogP) is 3.74. The Kier molecular flexibility index (Phi) is 11.7. The molecule has 3 aliphatic heterocycles. The number of amides is 5. The van der Waals surface area contributed by atoms with E-state index in [0.717, 1.165) is 24.3 Å². The van der Waals surface area contributed by atoms with Gasteiger partial charge in [-0.05, 0) is 82.3 Å². The standard InChI is InChI=1S/C39H46FN5O11S/c1-38(2,3)56-36(51)41-30-13-8-6-4-5-7-11-25-19-39(25,35(50)43-57(53,54)27-16-14-23(15-17-27)34(48)49)42-32(46)31-18-26(21-45(31)33(30)47)55-37(52)44-20-24-10-9-12-29(40)28(24)22-44/h7,9-12,14-17,25-26,30-31H,4-6,8,13,18-22H2,1-3H3,(H,41,51)(H,42,46)(H,43,50)(H,48,49)/t25-,26-,30+,31?,39-/m1/s1. The van der Waals surface area contributed by atoms with Gasteiger partial charge in [-0.15, -0.1) is 0 Å². The van der Waals surface area contributed by atoms with Crippen molar-refractivity contribution in [2.45, 2.75) is 113 Å². The van der Waals surface area contributed by atoms with Gasteiger partial charge in [-0.2, -0.15) is 0 Å². The van der Waals surface area contributed by atoms with Crippen LogP contribution in [0.5, 0.6) is 0 Å². The molecule has 306 valence electrons. The fourth-order valence-corrected chi connectivity index (χ4v) is 8.43. The molecule has 1 saturated carbocycles. The molecule has 0 bridgehead atoms. The van der Waals surface area contributed by atoms with Crippen LogP contribution in [0.25, 0.3) is 0 Å². The second-order valence-corrected chi connectivity index (χ2v) is 17.5. The Bertz CT molecular complexity index is 2090. The lowest BCUT2D eigenvalue weighted by Gasteiger charge is -2.30. The fraction of sp³-hybridized carbons (Fsp3) is 0.487. The van der Waals surface area contributed by atoms with Gasteiger partial charge in [0.05, 0.1) is 23.5 Å². The summed E-state index contributed by atoms with van der Waals surface area (Å²) in [4.78, 5) is 82.4. The van der Waals surface area contributed by atoms with E-state index in [4.69, 9.17) is 9.47 Å². The van der Waals surface area contributed by atoms with Gasteiger partial charge >= 0.3 is 18.2 Å². The molecule has 18 heteroatoms. The number of aromatic carboxylic acids is 1. The van der Waals surface area contributed by atoms with E-state index in [1.54, 1.807) is 39.0 Å². The summed E-state index contributed by atoms with van der Waals surface area (Å²) in [5, 5.41) is 14.6. The Morgan fingerprint density at radius 3 is 2.44 bits per heavy atom. The SMILES string of the molecule is CC(C)(C)OC(=O)N[C@H]1CCCCCC=C[C@@H]2C[C@@]2(C(=O)NS(=O)(=O)c2ccc(C(=O)O)cc2)NC(=O)C2C[C@@H](OC(=O)N3Cc4cccc(F)c4C3)CN2C1=O. The largest absolute Gasteiger partial charge is 0.478 e. The summed E-state index contributed by atoms with van der Waals surface area (Å²) in [5.74, 6) is -4.86. The molecule has 0 aromatic heterocycles. The molecule has 5 amide bonds. The summed E-state index contributed by atoms with van der Waals surface area (Å²) in [6, 6.07) is 6.31. The summed E-state index contributed by atoms with van der Waals surface area (Å²) in [6.07, 6.45) is 3.41. The predicted molar refractivity (Wildman–Crippen MR) is 199 cm³/mol. The minimum atomic E-state index is -4.53. The molecule has 1 saturated heterocycles. The highest BCUT2D eigenvalue weighted by Crippen LogP contribution is 2.46. The third kappa shape index (κ3) is 9.38. The summed E-state index contributed by atoms with van der Waals surface area (Å²) in [6.45, 7) is 4.80. The summed E-state index contributed by atoms with van der Waals surface area (Å²) in [7, 11) is -4.53. The number of fused-ring (bicyclic) bond motifs is 3. The normalized spacial score (nSPS) is 25.1. The second-order valence-electron chi connectivity index (χ2n) is 15.8. The van der Waals surface area contributed by atoms with Crippen LogP contribution in [0.3, 0.4) is 0 Å². The molecule has 2 aromatic carbocycles. The lowest BCUT2D eigenvalue weighted by molar-refractivity contribution is -0.141. The molecule has 0 radical (unpaired) electrons. The van der Waals surface area contributed by atoms with Crippen LogP contribution in [-0.4, -0.2) is 95.1 Å². The van der Waals surface area contributed by atoms with Gasteiger partial charge in [-0.1, -0.05) is 37.1 Å². The number of halogens is 1. The van der Waals surface area contributed by atoms with Gasteiger partial charge < -0.3 is 30.1 Å². The average molecular weight is 812 g/mol. The maximum absolute atomic E-state index is 14.5. The first-order chi connectivity index (χ1) is 26.9. The van der Waals surface area contributed by atoms with Crippen molar-refractivity contribution in [2.75, 3.05) is 6.54 Å². The zero-order valence-electron chi connectivity index (χ0n) is 31.8. The summed E-state index contributed by atoms with van der Waals surface area (Å²) >= 11 is 0. The van der Waals surface area contributed by atoms with E-state index in [2.05, 4.69) is 10.6 Å². The van der Waals surface area contributed by atoms with E-state index < -0.39 is 87.0 Å². The maximum atomic E-state index is 14.5. The van der Waals surface area contributed by atoms with Gasteiger partial charge in [-0.3, -0.25) is 19.3 Å². The number of carbonyl (C=O) groups excluding carboxylic acids is 5. The van der Waals surface area contributed by atoms with Crippen LogP contribution in [-0.2, 0) is 47.0 Å². The summed E-state index contributed by atoms with van der Waals surface area (Å²) < 4.78 is 54.3. The van der Waals surface area contributed by atoms with Crippen LogP contribution >= 0.6 is 0 Å². The molecule has 3 heterocycles. The molecule has 57 heavy (non-hydrogen) atoms. The van der Waals surface area contributed by atoms with Gasteiger partial charge in [0.1, 0.15) is 35.1 Å². The Hall–Kier alpha value is -5.52. The van der Waals surface area contributed by atoms with E-state index >= 15 is 0 Å². The Balaban J connectivity index is 1.26. The van der Waals surface area contributed by atoms with Crippen LogP contribution in [0.15, 0.2) is 59.5 Å². The van der Waals surface area contributed by atoms with E-state index in [0.29, 0.717) is 36.8 Å². The highest BCUT2D eigenvalue weighted by molar-refractivity contribution is 7.90. The monoisotopic (exact) mass is 811 g/mol. The molecule has 4 aliphatic rings. The molecular weight excluding hydrogens is 766 g/mol. The number of alkyl carbamates (subject to hydrolysis) is 1. The number of carboxylic acid groups (broad SMARTS) is 1. The highest BCUT2D eigenvalue weighted by atomic mass is 32.2. The quantitative estimate of drug-likeness (QED) is 0.308. The van der Waals surface area contributed by atoms with E-state index in [-0.39, 0.29) is 49.4 Å². The van der Waals surface area contributed by atoms with Crippen molar-refractivity contribution in [3.63, 3.8) is 0 Å². The molecule has 4 N–H and O–H groups in total. The molecular formula is C39H46FN5O11S. The van der Waals surface area contributed by atoms with Crippen molar-refractivity contribution >= 4 is 45.9 Å². The first-order valence-corrected chi connectivity index (χ1v) is 20.3. The lowest BCUT2D eigenvalue weighted by Crippen LogP contribution is -2.58. The number of rotatable bonds is 6. The van der Waals surface area contributed by atoms with Crippen LogP contribution in [0.1, 0.15) is 87.2 Å². The summed E-state index contributed by atoms with van der Waals surface area (Å²) in [5.41, 5.74) is -1.81. The Morgan fingerprint density at radius 1 is 1.02 bits per heavy atom. The molecule has 2 aromatic rings. The van der Waals surface area contributed by atoms with E-state index in [1.165, 1.54) is 15.9 Å². The second kappa shape index (κ2) is 16.1. The van der Waals surface area contributed by atoms with Crippen molar-refractivity contribution in [3.05, 3.63) is 77.1 Å². The highest BCUT2D eigenvalue weighted by Gasteiger charge is 2.62. The molecule has 5 atom stereocenters. The zero-order valence-corrected chi connectivity index (χ0v) is 32.6. The Labute approximate surface area is 329 Å². The maximum Gasteiger partial charge on any atom is 0.410 e. The minimum absolute atomic E-state index is 0.0303. The molecule has 2 fully saturated rings.